The molecule has 0 radical (unpaired) electrons. The number of anilines is 1. The van der Waals surface area contributed by atoms with Crippen molar-refractivity contribution in [2.45, 2.75) is 25.7 Å². The van der Waals surface area contributed by atoms with Crippen LogP contribution in [-0.2, 0) is 22.0 Å². The number of aliphatic hydroxyl groups is 1. The van der Waals surface area contributed by atoms with E-state index in [0.29, 0.717) is 37.8 Å². The number of aliphatic hydroxyl groups excluding tert-OH is 1. The first-order valence-corrected chi connectivity index (χ1v) is 10.0. The third kappa shape index (κ3) is 3.64. The van der Waals surface area contributed by atoms with E-state index in [4.69, 9.17) is 14.5 Å². The fraction of sp³-hybridized carbons (Fsp3) is 0.409. The summed E-state index contributed by atoms with van der Waals surface area (Å²) in [5, 5.41) is 13.8. The van der Waals surface area contributed by atoms with E-state index in [0.717, 1.165) is 27.9 Å². The third-order valence-electron chi connectivity index (χ3n) is 5.52. The van der Waals surface area contributed by atoms with Gasteiger partial charge in [-0.15, -0.1) is 0 Å². The highest BCUT2D eigenvalue weighted by Gasteiger charge is 2.38. The van der Waals surface area contributed by atoms with E-state index in [1.54, 1.807) is 6.20 Å². The van der Waals surface area contributed by atoms with Gasteiger partial charge in [0.05, 0.1) is 48.3 Å². The van der Waals surface area contributed by atoms with E-state index >= 15 is 0 Å². The summed E-state index contributed by atoms with van der Waals surface area (Å²) in [4.78, 5) is 20.7. The molecule has 4 heterocycles. The first-order valence-electron chi connectivity index (χ1n) is 10.0. The maximum Gasteiger partial charge on any atom is 0.222 e. The van der Waals surface area contributed by atoms with E-state index < -0.39 is 5.41 Å². The molecular weight excluding hydrogens is 384 g/mol. The predicted molar refractivity (Wildman–Crippen MR) is 114 cm³/mol. The molecule has 4 rings (SSSR count). The third-order valence-corrected chi connectivity index (χ3v) is 5.52. The molecule has 0 bridgehead atoms. The average Bonchev–Trinajstić information content (AvgIpc) is 3.33. The maximum absolute atomic E-state index is 11.5. The molecule has 0 saturated carbocycles. The highest BCUT2D eigenvalue weighted by molar-refractivity contribution is 5.98. The van der Waals surface area contributed by atoms with Crippen LogP contribution in [0.4, 0.5) is 5.82 Å². The molecule has 3 aromatic heterocycles. The summed E-state index contributed by atoms with van der Waals surface area (Å²) in [5.74, 6) is 1.01. The molecule has 0 spiro atoms. The Labute approximate surface area is 174 Å². The van der Waals surface area contributed by atoms with E-state index in [2.05, 4.69) is 10.3 Å². The Kier molecular flexibility index (Phi) is 5.44. The molecule has 3 aromatic rings. The molecule has 1 atom stereocenters. The normalized spacial score (nSPS) is 18.7. The number of fused-ring (bicyclic) bond motifs is 1. The van der Waals surface area contributed by atoms with Crippen LogP contribution in [0.15, 0.2) is 30.6 Å². The van der Waals surface area contributed by atoms with Gasteiger partial charge in [0.2, 0.25) is 5.91 Å². The number of ether oxygens (including phenoxy) is 2. The zero-order valence-corrected chi connectivity index (χ0v) is 17.4. The Morgan fingerprint density at radius 3 is 2.90 bits per heavy atom. The molecule has 2 N–H and O–H groups in total. The lowest BCUT2D eigenvalue weighted by molar-refractivity contribution is -0.114. The van der Waals surface area contributed by atoms with Crippen LogP contribution in [0.5, 0.6) is 5.75 Å². The molecule has 8 nitrogen and oxygen atoms in total. The largest absolute Gasteiger partial charge is 0.494 e. The predicted octanol–water partition coefficient (Wildman–Crippen LogP) is 2.64. The van der Waals surface area contributed by atoms with Crippen molar-refractivity contribution in [2.75, 3.05) is 31.7 Å². The van der Waals surface area contributed by atoms with Gasteiger partial charge >= 0.3 is 0 Å². The van der Waals surface area contributed by atoms with E-state index in [-0.39, 0.29) is 12.5 Å². The Hall–Kier alpha value is -2.97. The van der Waals surface area contributed by atoms with Gasteiger partial charge in [-0.05, 0) is 19.4 Å². The second-order valence-electron chi connectivity index (χ2n) is 7.67. The highest BCUT2D eigenvalue weighted by atomic mass is 16.5. The van der Waals surface area contributed by atoms with Crippen LogP contribution in [0.2, 0.25) is 0 Å². The Morgan fingerprint density at radius 2 is 2.23 bits per heavy atom. The van der Waals surface area contributed by atoms with Gasteiger partial charge in [0, 0.05) is 49.9 Å². The van der Waals surface area contributed by atoms with Crippen LogP contribution in [0.1, 0.15) is 26.0 Å². The summed E-state index contributed by atoms with van der Waals surface area (Å²) in [6, 6.07) is 5.65. The van der Waals surface area contributed by atoms with E-state index in [1.165, 1.54) is 6.92 Å². The highest BCUT2D eigenvalue weighted by Crippen LogP contribution is 2.37. The number of hydrogen-bond acceptors (Lipinski definition) is 6. The van der Waals surface area contributed by atoms with E-state index in [9.17, 15) is 9.90 Å². The number of carbonyl (C=O) groups excluding carboxylic acids is 1. The number of nitrogens with one attached hydrogen (secondary N) is 1. The van der Waals surface area contributed by atoms with Gasteiger partial charge in [0.1, 0.15) is 11.6 Å². The zero-order valence-electron chi connectivity index (χ0n) is 17.4. The topological polar surface area (TPSA) is 98.5 Å². The monoisotopic (exact) mass is 410 g/mol. The smallest absolute Gasteiger partial charge is 0.222 e. The van der Waals surface area contributed by atoms with Crippen molar-refractivity contribution in [2.24, 2.45) is 7.05 Å². The van der Waals surface area contributed by atoms with Gasteiger partial charge in [-0.2, -0.15) is 0 Å². The Morgan fingerprint density at radius 1 is 1.40 bits per heavy atom. The van der Waals surface area contributed by atoms with Crippen molar-refractivity contribution in [3.63, 3.8) is 0 Å². The summed E-state index contributed by atoms with van der Waals surface area (Å²) in [6.45, 7) is 4.89. The molecule has 8 heteroatoms. The molecular formula is C22H26N4O4. The van der Waals surface area contributed by atoms with E-state index in [1.807, 2.05) is 42.9 Å². The fourth-order valence-electron chi connectivity index (χ4n) is 3.91. The molecule has 0 aliphatic carbocycles. The number of carbonyl (C=O) groups is 1. The molecule has 1 aliphatic rings. The van der Waals surface area contributed by atoms with Crippen LogP contribution in [-0.4, -0.2) is 52.0 Å². The second kappa shape index (κ2) is 8.04. The zero-order chi connectivity index (χ0) is 21.3. The molecule has 30 heavy (non-hydrogen) atoms. The Bertz CT molecular complexity index is 1090. The molecule has 1 aliphatic heterocycles. The molecule has 1 fully saturated rings. The fourth-order valence-corrected chi connectivity index (χ4v) is 3.91. The van der Waals surface area contributed by atoms with Crippen LogP contribution in [0, 0.1) is 0 Å². The van der Waals surface area contributed by atoms with Gasteiger partial charge < -0.3 is 24.5 Å². The minimum Gasteiger partial charge on any atom is -0.494 e. The average molecular weight is 410 g/mol. The van der Waals surface area contributed by atoms with Crippen molar-refractivity contribution in [3.05, 3.63) is 36.3 Å². The van der Waals surface area contributed by atoms with Crippen molar-refractivity contribution in [1.29, 1.82) is 0 Å². The van der Waals surface area contributed by atoms with Crippen molar-refractivity contribution in [3.8, 4) is 17.0 Å². The van der Waals surface area contributed by atoms with Crippen LogP contribution in [0.3, 0.4) is 0 Å². The molecule has 0 unspecified atom stereocenters. The van der Waals surface area contributed by atoms with Crippen LogP contribution >= 0.6 is 0 Å². The number of pyridine rings is 2. The lowest BCUT2D eigenvalue weighted by Gasteiger charge is -2.25. The number of aryl methyl sites for hydroxylation is 1. The standard InChI is InChI=1S/C22H26N4O4/c1-4-30-15-7-18(25-20(8-15)22(12-27)5-6-29-13-22)17-11-26(3)19-10-23-21(9-16(17)19)24-14(2)28/h7-11,27H,4-6,12-13H2,1-3H3,(H,23,24,28)/t22-/m0/s1. The molecule has 0 aromatic carbocycles. The van der Waals surface area contributed by atoms with Gasteiger partial charge in [0.15, 0.2) is 0 Å². The molecule has 158 valence electrons. The first-order chi connectivity index (χ1) is 14.5. The van der Waals surface area contributed by atoms with Crippen molar-refractivity contribution < 1.29 is 19.4 Å². The van der Waals surface area contributed by atoms with Gasteiger partial charge in [-0.1, -0.05) is 0 Å². The maximum atomic E-state index is 11.5. The summed E-state index contributed by atoms with van der Waals surface area (Å²) in [6.07, 6.45) is 4.43. The van der Waals surface area contributed by atoms with Gasteiger partial charge in [0.25, 0.3) is 0 Å². The van der Waals surface area contributed by atoms with Crippen LogP contribution < -0.4 is 10.1 Å². The first kappa shape index (κ1) is 20.3. The minimum atomic E-state index is -0.532. The van der Waals surface area contributed by atoms with Crippen molar-refractivity contribution >= 4 is 22.6 Å². The van der Waals surface area contributed by atoms with Gasteiger partial charge in [-0.25, -0.2) is 4.98 Å². The number of hydrogen-bond donors (Lipinski definition) is 2. The SMILES string of the molecule is CCOc1cc(-c2cn(C)c3cnc(NC(C)=O)cc23)nc([C@]2(CO)CCOC2)c1. The summed E-state index contributed by atoms with van der Waals surface area (Å²) >= 11 is 0. The summed E-state index contributed by atoms with van der Waals surface area (Å²) in [7, 11) is 1.94. The summed E-state index contributed by atoms with van der Waals surface area (Å²) in [5.41, 5.74) is 2.79. The number of aromatic nitrogens is 3. The van der Waals surface area contributed by atoms with Gasteiger partial charge in [-0.3, -0.25) is 9.78 Å². The second-order valence-corrected chi connectivity index (χ2v) is 7.67. The lowest BCUT2D eigenvalue weighted by Crippen LogP contribution is -2.32. The number of rotatable bonds is 6. The molecule has 1 amide bonds. The molecule has 1 saturated heterocycles. The number of amides is 1. The van der Waals surface area contributed by atoms with Crippen molar-refractivity contribution in [1.82, 2.24) is 14.5 Å². The number of nitrogens with zero attached hydrogens (tertiary/aromatic N) is 3. The van der Waals surface area contributed by atoms with Crippen LogP contribution in [0.25, 0.3) is 22.2 Å². The quantitative estimate of drug-likeness (QED) is 0.648. The lowest BCUT2D eigenvalue weighted by atomic mass is 9.84. The summed E-state index contributed by atoms with van der Waals surface area (Å²) < 4.78 is 13.4. The Balaban J connectivity index is 1.89. The minimum absolute atomic E-state index is 0.0405.